The number of azide groups is 1. The number of rotatable bonds is 5. The number of carbonyl (C=O) groups is 2. The predicted molar refractivity (Wildman–Crippen MR) is 81.4 cm³/mol. The summed E-state index contributed by atoms with van der Waals surface area (Å²) in [6.45, 7) is 3.26. The van der Waals surface area contributed by atoms with Crippen molar-refractivity contribution in [2.75, 3.05) is 13.2 Å². The molecule has 0 spiro atoms. The number of imide groups is 1. The monoisotopic (exact) mass is 391 g/mol. The number of nitrogens with zero attached hydrogens (tertiary/aromatic N) is 4. The minimum absolute atomic E-state index is 0.198. The number of urea groups is 1. The third-order valence-electron chi connectivity index (χ3n) is 3.83. The summed E-state index contributed by atoms with van der Waals surface area (Å²) >= 11 is 3.30. The van der Waals surface area contributed by atoms with Crippen molar-refractivity contribution in [1.29, 1.82) is 0 Å². The van der Waals surface area contributed by atoms with Crippen LogP contribution in [0, 0.1) is 0 Å². The van der Waals surface area contributed by atoms with E-state index < -0.39 is 40.9 Å². The van der Waals surface area contributed by atoms with Crippen molar-refractivity contribution in [3.63, 3.8) is 0 Å². The van der Waals surface area contributed by atoms with Gasteiger partial charge in [-0.15, -0.1) is 0 Å². The molecule has 0 radical (unpaired) electrons. The number of nitrogens with one attached hydrogen (secondary N) is 1. The molecule has 0 aromatic heterocycles. The zero-order chi connectivity index (χ0) is 17.2. The van der Waals surface area contributed by atoms with Crippen molar-refractivity contribution in [1.82, 2.24) is 10.2 Å². The number of amides is 3. The summed E-state index contributed by atoms with van der Waals surface area (Å²) in [5.74, 6) is -0.513. The van der Waals surface area contributed by atoms with E-state index in [-0.39, 0.29) is 19.6 Å². The fourth-order valence-corrected chi connectivity index (χ4v) is 3.13. The Morgan fingerprint density at radius 2 is 2.35 bits per heavy atom. The minimum Gasteiger partial charge on any atom is -0.394 e. The maximum atomic E-state index is 12.3. The van der Waals surface area contributed by atoms with E-state index in [4.69, 9.17) is 15.0 Å². The molecule has 11 heteroatoms. The van der Waals surface area contributed by atoms with Crippen LogP contribution in [0.15, 0.2) is 5.11 Å². The number of aliphatic hydroxyl groups excluding tert-OH is 1. The Balaban J connectivity index is 2.29. The highest BCUT2D eigenvalue weighted by Gasteiger charge is 2.54. The van der Waals surface area contributed by atoms with Crippen molar-refractivity contribution < 1.29 is 24.2 Å². The van der Waals surface area contributed by atoms with Crippen LogP contribution in [0.25, 0.3) is 10.4 Å². The van der Waals surface area contributed by atoms with Gasteiger partial charge >= 0.3 is 6.03 Å². The zero-order valence-corrected chi connectivity index (χ0v) is 14.3. The molecule has 0 aliphatic carbocycles. The Hall–Kier alpha value is -1.39. The minimum atomic E-state index is -1.16. The highest BCUT2D eigenvalue weighted by atomic mass is 79.9. The molecule has 2 aliphatic rings. The summed E-state index contributed by atoms with van der Waals surface area (Å²) in [6.07, 6.45) is -2.21. The Labute approximate surface area is 140 Å². The molecule has 2 rings (SSSR count). The van der Waals surface area contributed by atoms with Crippen LogP contribution < -0.4 is 5.32 Å². The average Bonchev–Trinajstić information content (AvgIpc) is 2.88. The molecule has 2 fully saturated rings. The van der Waals surface area contributed by atoms with Gasteiger partial charge < -0.3 is 14.6 Å². The summed E-state index contributed by atoms with van der Waals surface area (Å²) in [7, 11) is 0. The number of ether oxygens (including phenoxy) is 2. The van der Waals surface area contributed by atoms with Crippen LogP contribution in [0.3, 0.4) is 0 Å². The number of alkyl halides is 1. The van der Waals surface area contributed by atoms with Gasteiger partial charge in [-0.2, -0.15) is 0 Å². The molecule has 0 aromatic rings. The topological polar surface area (TPSA) is 137 Å². The molecule has 2 N–H and O–H groups in total. The van der Waals surface area contributed by atoms with Gasteiger partial charge in [-0.25, -0.2) is 4.79 Å². The van der Waals surface area contributed by atoms with Crippen molar-refractivity contribution in [2.24, 2.45) is 5.11 Å². The van der Waals surface area contributed by atoms with Gasteiger partial charge in [-0.05, 0) is 19.4 Å². The molecule has 0 bridgehead atoms. The van der Waals surface area contributed by atoms with Gasteiger partial charge in [0.25, 0.3) is 0 Å². The van der Waals surface area contributed by atoms with Crippen LogP contribution in [-0.4, -0.2) is 64.1 Å². The molecule has 10 nitrogen and oxygen atoms in total. The fourth-order valence-electron chi connectivity index (χ4n) is 2.68. The first-order valence-corrected chi connectivity index (χ1v) is 7.90. The summed E-state index contributed by atoms with van der Waals surface area (Å²) in [4.78, 5) is 28.3. The Morgan fingerprint density at radius 1 is 1.65 bits per heavy atom. The fraction of sp³-hybridized carbons (Fsp3) is 0.833. The predicted octanol–water partition coefficient (Wildman–Crippen LogP) is 0.841. The van der Waals surface area contributed by atoms with Gasteiger partial charge in [-0.3, -0.25) is 15.0 Å². The zero-order valence-electron chi connectivity index (χ0n) is 12.7. The van der Waals surface area contributed by atoms with E-state index in [2.05, 4.69) is 31.3 Å². The van der Waals surface area contributed by atoms with E-state index in [9.17, 15) is 14.7 Å². The normalized spacial score (nSPS) is 37.5. The molecule has 128 valence electrons. The standard InChI is InChI=1S/C12H18BrN5O5/c1-3-22-10-12(2,13)9(20)15-11(21)18(10)8-4-6(16-17-14)7(5-19)23-8/h6-8,10,19H,3-5H2,1-2H3,(H,15,20,21)/t6-,7+,8?,10+,12-/m0/s1. The van der Waals surface area contributed by atoms with Crippen LogP contribution in [0.1, 0.15) is 20.3 Å². The quantitative estimate of drug-likeness (QED) is 0.309. The third kappa shape index (κ3) is 3.29. The van der Waals surface area contributed by atoms with Gasteiger partial charge in [0.2, 0.25) is 5.91 Å². The second-order valence-corrected chi connectivity index (χ2v) is 7.02. The molecule has 23 heavy (non-hydrogen) atoms. The first-order chi connectivity index (χ1) is 10.9. The first kappa shape index (κ1) is 18.0. The molecule has 2 heterocycles. The van der Waals surface area contributed by atoms with E-state index in [1.165, 1.54) is 4.90 Å². The summed E-state index contributed by atoms with van der Waals surface area (Å²) in [5, 5.41) is 15.2. The van der Waals surface area contributed by atoms with Crippen LogP contribution in [0.5, 0.6) is 0 Å². The van der Waals surface area contributed by atoms with Crippen LogP contribution in [0.4, 0.5) is 4.79 Å². The Morgan fingerprint density at radius 3 is 2.91 bits per heavy atom. The molecule has 3 amide bonds. The van der Waals surface area contributed by atoms with E-state index >= 15 is 0 Å². The summed E-state index contributed by atoms with van der Waals surface area (Å²) in [5.41, 5.74) is 8.59. The van der Waals surface area contributed by atoms with Crippen molar-refractivity contribution in [3.05, 3.63) is 10.4 Å². The highest BCUT2D eigenvalue weighted by Crippen LogP contribution is 2.36. The van der Waals surface area contributed by atoms with Crippen molar-refractivity contribution >= 4 is 27.9 Å². The Bertz CT molecular complexity index is 538. The maximum absolute atomic E-state index is 12.3. The largest absolute Gasteiger partial charge is 0.394 e. The molecular weight excluding hydrogens is 374 g/mol. The lowest BCUT2D eigenvalue weighted by Crippen LogP contribution is -2.69. The van der Waals surface area contributed by atoms with Gasteiger partial charge in [0, 0.05) is 17.9 Å². The maximum Gasteiger partial charge on any atom is 0.328 e. The lowest BCUT2D eigenvalue weighted by molar-refractivity contribution is -0.158. The second-order valence-electron chi connectivity index (χ2n) is 5.37. The lowest BCUT2D eigenvalue weighted by atomic mass is 10.0. The SMILES string of the molecule is CCO[C@H]1N(C2C[C@H](N=[N+]=[N-])[C@@H](CO)O2)C(=O)NC(=O)[C@]1(C)Br. The molecule has 2 saturated heterocycles. The van der Waals surface area contributed by atoms with E-state index in [0.717, 1.165) is 0 Å². The Kier molecular flexibility index (Phi) is 5.48. The van der Waals surface area contributed by atoms with Crippen LogP contribution in [0.2, 0.25) is 0 Å². The smallest absolute Gasteiger partial charge is 0.328 e. The molecular formula is C12H18BrN5O5. The van der Waals surface area contributed by atoms with Gasteiger partial charge in [-0.1, -0.05) is 21.0 Å². The van der Waals surface area contributed by atoms with Gasteiger partial charge in [0.1, 0.15) is 10.6 Å². The summed E-state index contributed by atoms with van der Waals surface area (Å²) < 4.78 is 10.0. The third-order valence-corrected chi connectivity index (χ3v) is 4.59. The van der Waals surface area contributed by atoms with Gasteiger partial charge in [0.15, 0.2) is 6.23 Å². The van der Waals surface area contributed by atoms with Crippen molar-refractivity contribution in [2.45, 2.75) is 49.2 Å². The number of halogens is 1. The molecule has 0 aromatic carbocycles. The van der Waals surface area contributed by atoms with E-state index in [0.29, 0.717) is 0 Å². The van der Waals surface area contributed by atoms with E-state index in [1.54, 1.807) is 13.8 Å². The average molecular weight is 392 g/mol. The first-order valence-electron chi connectivity index (χ1n) is 7.11. The van der Waals surface area contributed by atoms with Crippen LogP contribution >= 0.6 is 15.9 Å². The highest BCUT2D eigenvalue weighted by molar-refractivity contribution is 9.10. The van der Waals surface area contributed by atoms with Crippen molar-refractivity contribution in [3.8, 4) is 0 Å². The van der Waals surface area contributed by atoms with Gasteiger partial charge in [0.05, 0.1) is 18.8 Å². The van der Waals surface area contributed by atoms with E-state index in [1.807, 2.05) is 0 Å². The van der Waals surface area contributed by atoms with Crippen LogP contribution in [-0.2, 0) is 14.3 Å². The number of aliphatic hydroxyl groups is 1. The number of carbonyl (C=O) groups excluding carboxylic acids is 2. The molecule has 2 aliphatic heterocycles. The molecule has 0 saturated carbocycles. The number of hydrogen-bond donors (Lipinski definition) is 2. The molecule has 5 atom stereocenters. The lowest BCUT2D eigenvalue weighted by Gasteiger charge is -2.45. The number of hydrogen-bond acceptors (Lipinski definition) is 6. The molecule has 1 unspecified atom stereocenters. The second kappa shape index (κ2) is 7.02. The summed E-state index contributed by atoms with van der Waals surface area (Å²) in [6, 6.07) is -1.27.